The zero-order chi connectivity index (χ0) is 32.5. The number of carbonyl (C=O) groups is 1. The lowest BCUT2D eigenvalue weighted by atomic mass is 10.1. The van der Waals surface area contributed by atoms with Crippen LogP contribution in [0.1, 0.15) is 31.4 Å². The molecular formula is C35H35ClFN5O4. The Balaban J connectivity index is 1.43. The van der Waals surface area contributed by atoms with Gasteiger partial charge >= 0.3 is 0 Å². The number of aromatic nitrogens is 1. The van der Waals surface area contributed by atoms with E-state index in [2.05, 4.69) is 40.4 Å². The number of rotatable bonds is 13. The quantitative estimate of drug-likeness (QED) is 0.147. The minimum atomic E-state index is -0.342. The maximum atomic E-state index is 13.6. The molecule has 1 unspecified atom stereocenters. The molecule has 0 saturated carbocycles. The summed E-state index contributed by atoms with van der Waals surface area (Å²) in [6.45, 7) is 7.76. The largest absolute Gasteiger partial charge is 0.487 e. The summed E-state index contributed by atoms with van der Waals surface area (Å²) in [5, 5.41) is 17.2. The molecule has 1 atom stereocenters. The van der Waals surface area contributed by atoms with E-state index in [0.29, 0.717) is 75.4 Å². The second-order valence-electron chi connectivity index (χ2n) is 10.7. The maximum absolute atomic E-state index is 13.6. The molecule has 4 aromatic rings. The first-order chi connectivity index (χ1) is 22.4. The predicted molar refractivity (Wildman–Crippen MR) is 177 cm³/mol. The van der Waals surface area contributed by atoms with Crippen LogP contribution in [-0.4, -0.2) is 54.7 Å². The number of nitriles is 1. The molecule has 0 aliphatic carbocycles. The van der Waals surface area contributed by atoms with Gasteiger partial charge in [-0.15, -0.1) is 0 Å². The average Bonchev–Trinajstić information content (AvgIpc) is 3.56. The van der Waals surface area contributed by atoms with Gasteiger partial charge in [-0.1, -0.05) is 43.7 Å². The summed E-state index contributed by atoms with van der Waals surface area (Å²) in [4.78, 5) is 19.7. The highest BCUT2D eigenvalue weighted by molar-refractivity contribution is 6.32. The van der Waals surface area contributed by atoms with E-state index in [9.17, 15) is 14.4 Å². The highest BCUT2D eigenvalue weighted by atomic mass is 35.5. The SMILES string of the molecule is CCN(CC)CC=CC(=O)Nc1cc2c(Nc3ccc(OCc4cccc(F)c4)c(Cl)c3)c(C#N)cnc2cc1OC1CCOC1. The molecule has 1 aliphatic heterocycles. The van der Waals surface area contributed by atoms with Crippen LogP contribution in [0.25, 0.3) is 10.9 Å². The van der Waals surface area contributed by atoms with Crippen molar-refractivity contribution in [2.75, 3.05) is 43.5 Å². The van der Waals surface area contributed by atoms with Gasteiger partial charge in [0.1, 0.15) is 36.1 Å². The van der Waals surface area contributed by atoms with Gasteiger partial charge in [-0.3, -0.25) is 9.78 Å². The molecule has 9 nitrogen and oxygen atoms in total. The monoisotopic (exact) mass is 643 g/mol. The van der Waals surface area contributed by atoms with Crippen molar-refractivity contribution in [3.63, 3.8) is 0 Å². The van der Waals surface area contributed by atoms with Gasteiger partial charge in [-0.2, -0.15) is 5.26 Å². The minimum absolute atomic E-state index is 0.147. The molecule has 1 aromatic heterocycles. The number of nitrogens with zero attached hydrogens (tertiary/aromatic N) is 3. The van der Waals surface area contributed by atoms with Crippen molar-refractivity contribution in [1.29, 1.82) is 5.26 Å². The molecule has 2 N–H and O–H groups in total. The van der Waals surface area contributed by atoms with Crippen LogP contribution in [0.4, 0.5) is 21.5 Å². The highest BCUT2D eigenvalue weighted by Crippen LogP contribution is 2.38. The number of likely N-dealkylation sites (N-methyl/N-ethyl adjacent to an activating group) is 1. The van der Waals surface area contributed by atoms with Gasteiger partial charge in [-0.05, 0) is 55.1 Å². The van der Waals surface area contributed by atoms with E-state index in [4.69, 9.17) is 25.8 Å². The Bertz CT molecular complexity index is 1770. The third kappa shape index (κ3) is 8.31. The number of carbonyl (C=O) groups excluding carboxylic acids is 1. The zero-order valence-corrected chi connectivity index (χ0v) is 26.4. The molecule has 0 radical (unpaired) electrons. The number of ether oxygens (including phenoxy) is 3. The van der Waals surface area contributed by atoms with Crippen molar-refractivity contribution in [1.82, 2.24) is 9.88 Å². The molecule has 5 rings (SSSR count). The Morgan fingerprint density at radius 2 is 2.04 bits per heavy atom. The molecule has 3 aromatic carbocycles. The number of anilines is 3. The normalized spacial score (nSPS) is 14.5. The summed E-state index contributed by atoms with van der Waals surface area (Å²) in [5.74, 6) is 0.233. The Hall–Kier alpha value is -4.69. The van der Waals surface area contributed by atoms with Crippen LogP contribution in [0.15, 0.2) is 72.9 Å². The zero-order valence-electron chi connectivity index (χ0n) is 25.7. The van der Waals surface area contributed by atoms with E-state index in [0.717, 1.165) is 19.5 Å². The second-order valence-corrected chi connectivity index (χ2v) is 11.1. The predicted octanol–water partition coefficient (Wildman–Crippen LogP) is 7.23. The number of benzene rings is 3. The van der Waals surface area contributed by atoms with E-state index < -0.39 is 0 Å². The Morgan fingerprint density at radius 1 is 1.20 bits per heavy atom. The summed E-state index contributed by atoms with van der Waals surface area (Å²) >= 11 is 6.55. The topological polar surface area (TPSA) is 109 Å². The van der Waals surface area contributed by atoms with Crippen LogP contribution >= 0.6 is 11.6 Å². The van der Waals surface area contributed by atoms with Gasteiger partial charge in [0.05, 0.1) is 40.7 Å². The van der Waals surface area contributed by atoms with Crippen LogP contribution in [-0.2, 0) is 16.1 Å². The van der Waals surface area contributed by atoms with Crippen LogP contribution < -0.4 is 20.1 Å². The lowest BCUT2D eigenvalue weighted by molar-refractivity contribution is -0.111. The Kier molecular flexibility index (Phi) is 11.0. The standard InChI is InChI=1S/C35H35ClFN5O4/c1-3-42(4-2)13-6-9-34(43)41-31-17-28-30(18-33(31)46-27-12-14-44-22-27)39-20-24(19-38)35(28)40-26-10-11-32(29(36)16-26)45-21-23-7-5-8-25(37)15-23/h5-11,15-18,20,27H,3-4,12-14,21-22H2,1-2H3,(H,39,40)(H,41,43). The van der Waals surface area contributed by atoms with Crippen LogP contribution in [0.3, 0.4) is 0 Å². The van der Waals surface area contributed by atoms with Crippen molar-refractivity contribution in [3.8, 4) is 17.6 Å². The lowest BCUT2D eigenvalue weighted by Crippen LogP contribution is -2.23. The third-order valence-electron chi connectivity index (χ3n) is 7.54. The molecule has 2 heterocycles. The van der Waals surface area contributed by atoms with Crippen LogP contribution in [0, 0.1) is 17.1 Å². The number of nitrogens with one attached hydrogen (secondary N) is 2. The fraction of sp³-hybridized carbons (Fsp3) is 0.286. The number of halogens is 2. The van der Waals surface area contributed by atoms with E-state index in [1.54, 1.807) is 42.5 Å². The third-order valence-corrected chi connectivity index (χ3v) is 7.84. The lowest BCUT2D eigenvalue weighted by Gasteiger charge is -2.19. The van der Waals surface area contributed by atoms with Crippen molar-refractivity contribution in [2.45, 2.75) is 33.0 Å². The van der Waals surface area contributed by atoms with E-state index in [1.165, 1.54) is 24.4 Å². The molecule has 1 saturated heterocycles. The number of hydrogen-bond donors (Lipinski definition) is 2. The molecule has 11 heteroatoms. The number of fused-ring (bicyclic) bond motifs is 1. The molecule has 1 aliphatic rings. The summed E-state index contributed by atoms with van der Waals surface area (Å²) in [5.41, 5.74) is 3.05. The number of hydrogen-bond acceptors (Lipinski definition) is 8. The van der Waals surface area contributed by atoms with E-state index >= 15 is 0 Å². The number of amides is 1. The van der Waals surface area contributed by atoms with Crippen LogP contribution in [0.2, 0.25) is 5.02 Å². The van der Waals surface area contributed by atoms with Crippen LogP contribution in [0.5, 0.6) is 11.5 Å². The summed E-state index contributed by atoms with van der Waals surface area (Å²) in [6, 6.07) is 17.0. The summed E-state index contributed by atoms with van der Waals surface area (Å²) < 4.78 is 31.1. The van der Waals surface area contributed by atoms with Gasteiger partial charge in [0.2, 0.25) is 5.91 Å². The fourth-order valence-corrected chi connectivity index (χ4v) is 5.25. The first-order valence-corrected chi connectivity index (χ1v) is 15.5. The van der Waals surface area contributed by atoms with Gasteiger partial charge in [0.15, 0.2) is 0 Å². The van der Waals surface area contributed by atoms with Crippen molar-refractivity contribution < 1.29 is 23.4 Å². The van der Waals surface area contributed by atoms with E-state index in [1.807, 2.05) is 6.08 Å². The summed E-state index contributed by atoms with van der Waals surface area (Å²) in [6.07, 6.45) is 5.39. The second kappa shape index (κ2) is 15.5. The van der Waals surface area contributed by atoms with Gasteiger partial charge < -0.3 is 29.7 Å². The Morgan fingerprint density at radius 3 is 2.76 bits per heavy atom. The van der Waals surface area contributed by atoms with Crippen molar-refractivity contribution >= 4 is 45.5 Å². The van der Waals surface area contributed by atoms with Crippen molar-refractivity contribution in [3.05, 3.63) is 94.9 Å². The maximum Gasteiger partial charge on any atom is 0.248 e. The van der Waals surface area contributed by atoms with Gasteiger partial charge in [0.25, 0.3) is 0 Å². The van der Waals surface area contributed by atoms with Gasteiger partial charge in [0, 0.05) is 42.4 Å². The molecule has 1 amide bonds. The average molecular weight is 644 g/mol. The molecular weight excluding hydrogens is 609 g/mol. The van der Waals surface area contributed by atoms with E-state index in [-0.39, 0.29) is 24.4 Å². The first-order valence-electron chi connectivity index (χ1n) is 15.1. The minimum Gasteiger partial charge on any atom is -0.487 e. The van der Waals surface area contributed by atoms with Crippen molar-refractivity contribution in [2.24, 2.45) is 0 Å². The fourth-order valence-electron chi connectivity index (χ4n) is 5.01. The molecule has 238 valence electrons. The molecule has 0 bridgehead atoms. The molecule has 46 heavy (non-hydrogen) atoms. The highest BCUT2D eigenvalue weighted by Gasteiger charge is 2.21. The molecule has 1 fully saturated rings. The first kappa shape index (κ1) is 32.7. The molecule has 0 spiro atoms. The van der Waals surface area contributed by atoms with Gasteiger partial charge in [-0.25, -0.2) is 4.39 Å². The Labute approximate surface area is 272 Å². The smallest absolute Gasteiger partial charge is 0.248 e. The summed E-state index contributed by atoms with van der Waals surface area (Å²) in [7, 11) is 0. The number of pyridine rings is 1.